The zero-order chi connectivity index (χ0) is 5.82. The van der Waals surface area contributed by atoms with Crippen molar-refractivity contribution in [3.8, 4) is 11.8 Å². The first-order valence-corrected chi connectivity index (χ1v) is 2.63. The van der Waals surface area contributed by atoms with Crippen molar-refractivity contribution in [3.05, 3.63) is 0 Å². The van der Waals surface area contributed by atoms with Crippen LogP contribution in [-0.4, -0.2) is 10.9 Å². The Morgan fingerprint density at radius 2 is 2.50 bits per heavy atom. The van der Waals surface area contributed by atoms with Crippen LogP contribution in [0.1, 0.15) is 19.3 Å². The van der Waals surface area contributed by atoms with Crippen molar-refractivity contribution in [3.63, 3.8) is 0 Å². The SMILES string of the molecule is ON=C1C#CCCC1. The number of rotatable bonds is 0. The summed E-state index contributed by atoms with van der Waals surface area (Å²) in [5.41, 5.74) is 0.622. The Balaban J connectivity index is 2.65. The summed E-state index contributed by atoms with van der Waals surface area (Å²) in [6.07, 6.45) is 2.81. The average molecular weight is 109 g/mol. The van der Waals surface area contributed by atoms with Crippen molar-refractivity contribution >= 4 is 5.71 Å². The first kappa shape index (κ1) is 5.17. The minimum atomic E-state index is 0.622. The summed E-state index contributed by atoms with van der Waals surface area (Å²) in [5.74, 6) is 5.56. The van der Waals surface area contributed by atoms with Gasteiger partial charge in [-0.3, -0.25) is 0 Å². The summed E-state index contributed by atoms with van der Waals surface area (Å²) in [5, 5.41) is 11.2. The van der Waals surface area contributed by atoms with Crippen molar-refractivity contribution in [2.45, 2.75) is 19.3 Å². The van der Waals surface area contributed by atoms with Crippen LogP contribution in [-0.2, 0) is 0 Å². The highest BCUT2D eigenvalue weighted by Gasteiger charge is 1.97. The Bertz CT molecular complexity index is 161. The van der Waals surface area contributed by atoms with E-state index in [2.05, 4.69) is 17.0 Å². The fraction of sp³-hybridized carbons (Fsp3) is 0.500. The van der Waals surface area contributed by atoms with Crippen LogP contribution in [0.3, 0.4) is 0 Å². The molecule has 0 radical (unpaired) electrons. The molecule has 0 unspecified atom stereocenters. The number of hydrogen-bond donors (Lipinski definition) is 1. The maximum absolute atomic E-state index is 8.18. The molecule has 0 heterocycles. The van der Waals surface area contributed by atoms with Gasteiger partial charge in [0.25, 0.3) is 0 Å². The van der Waals surface area contributed by atoms with Crippen LogP contribution in [0.15, 0.2) is 5.16 Å². The van der Waals surface area contributed by atoms with Gasteiger partial charge in [-0.25, -0.2) is 0 Å². The molecule has 0 saturated carbocycles. The van der Waals surface area contributed by atoms with Gasteiger partial charge in [0.1, 0.15) is 5.71 Å². The quantitative estimate of drug-likeness (QED) is 0.281. The molecule has 0 aromatic rings. The predicted octanol–water partition coefficient (Wildman–Crippen LogP) is 1.00. The average Bonchev–Trinajstić information content (AvgIpc) is 1.90. The number of hydrogen-bond acceptors (Lipinski definition) is 2. The van der Waals surface area contributed by atoms with E-state index in [1.807, 2.05) is 0 Å². The first-order chi connectivity index (χ1) is 3.93. The molecule has 0 amide bonds. The summed E-state index contributed by atoms with van der Waals surface area (Å²) in [6, 6.07) is 0. The summed E-state index contributed by atoms with van der Waals surface area (Å²) in [4.78, 5) is 0. The van der Waals surface area contributed by atoms with Crippen molar-refractivity contribution in [2.75, 3.05) is 0 Å². The van der Waals surface area contributed by atoms with Gasteiger partial charge >= 0.3 is 0 Å². The van der Waals surface area contributed by atoms with Gasteiger partial charge in [0.2, 0.25) is 0 Å². The molecule has 2 heteroatoms. The summed E-state index contributed by atoms with van der Waals surface area (Å²) in [7, 11) is 0. The molecule has 0 spiro atoms. The molecule has 0 fully saturated rings. The number of oxime groups is 1. The van der Waals surface area contributed by atoms with Crippen LogP contribution in [0, 0.1) is 11.8 Å². The van der Waals surface area contributed by atoms with Gasteiger partial charge in [0.05, 0.1) is 0 Å². The molecule has 1 aliphatic rings. The molecule has 0 saturated heterocycles. The topological polar surface area (TPSA) is 32.6 Å². The molecular weight excluding hydrogens is 102 g/mol. The van der Waals surface area contributed by atoms with E-state index >= 15 is 0 Å². The lowest BCUT2D eigenvalue weighted by Crippen LogP contribution is -1.97. The highest BCUT2D eigenvalue weighted by molar-refractivity contribution is 6.00. The standard InChI is InChI=1S/C6H7NO/c8-7-6-4-2-1-3-5-6/h8H,1-2,4H2. The minimum Gasteiger partial charge on any atom is -0.410 e. The zero-order valence-electron chi connectivity index (χ0n) is 4.52. The van der Waals surface area contributed by atoms with E-state index in [0.717, 1.165) is 19.3 Å². The highest BCUT2D eigenvalue weighted by Crippen LogP contribution is 2.00. The summed E-state index contributed by atoms with van der Waals surface area (Å²) < 4.78 is 0. The second-order valence-corrected chi connectivity index (χ2v) is 1.70. The van der Waals surface area contributed by atoms with Gasteiger partial charge in [0, 0.05) is 12.8 Å². The van der Waals surface area contributed by atoms with Crippen molar-refractivity contribution in [1.29, 1.82) is 0 Å². The van der Waals surface area contributed by atoms with Gasteiger partial charge in [-0.05, 0) is 12.3 Å². The maximum Gasteiger partial charge on any atom is 0.129 e. The van der Waals surface area contributed by atoms with Gasteiger partial charge in [-0.15, -0.1) is 0 Å². The van der Waals surface area contributed by atoms with E-state index in [4.69, 9.17) is 5.21 Å². The van der Waals surface area contributed by atoms with Crippen molar-refractivity contribution < 1.29 is 5.21 Å². The predicted molar refractivity (Wildman–Crippen MR) is 30.8 cm³/mol. The van der Waals surface area contributed by atoms with Gasteiger partial charge < -0.3 is 5.21 Å². The van der Waals surface area contributed by atoms with Crippen LogP contribution in [0.4, 0.5) is 0 Å². The lowest BCUT2D eigenvalue weighted by Gasteiger charge is -1.96. The fourth-order valence-electron chi connectivity index (χ4n) is 0.646. The van der Waals surface area contributed by atoms with Crippen LogP contribution >= 0.6 is 0 Å². The third-order valence-corrected chi connectivity index (χ3v) is 1.07. The monoisotopic (exact) mass is 109 g/mol. The Kier molecular flexibility index (Phi) is 1.53. The smallest absolute Gasteiger partial charge is 0.129 e. The van der Waals surface area contributed by atoms with E-state index in [0.29, 0.717) is 5.71 Å². The Morgan fingerprint density at radius 1 is 1.62 bits per heavy atom. The Hall–Kier alpha value is -0.970. The fourth-order valence-corrected chi connectivity index (χ4v) is 0.646. The second-order valence-electron chi connectivity index (χ2n) is 1.70. The van der Waals surface area contributed by atoms with E-state index < -0.39 is 0 Å². The lowest BCUT2D eigenvalue weighted by molar-refractivity contribution is 0.318. The van der Waals surface area contributed by atoms with Crippen LogP contribution < -0.4 is 0 Å². The Labute approximate surface area is 48.2 Å². The molecular formula is C6H7NO. The molecule has 0 atom stereocenters. The first-order valence-electron chi connectivity index (χ1n) is 2.63. The molecule has 1 N–H and O–H groups in total. The second kappa shape index (κ2) is 2.37. The minimum absolute atomic E-state index is 0.622. The molecule has 0 aliphatic heterocycles. The van der Waals surface area contributed by atoms with Crippen molar-refractivity contribution in [2.24, 2.45) is 5.16 Å². The molecule has 1 rings (SSSR count). The van der Waals surface area contributed by atoms with E-state index in [9.17, 15) is 0 Å². The molecule has 8 heavy (non-hydrogen) atoms. The lowest BCUT2D eigenvalue weighted by atomic mass is 10.1. The molecule has 1 aliphatic carbocycles. The van der Waals surface area contributed by atoms with Gasteiger partial charge in [-0.2, -0.15) is 0 Å². The van der Waals surface area contributed by atoms with Gasteiger partial charge in [0.15, 0.2) is 0 Å². The third-order valence-electron chi connectivity index (χ3n) is 1.07. The van der Waals surface area contributed by atoms with Crippen molar-refractivity contribution in [1.82, 2.24) is 0 Å². The largest absolute Gasteiger partial charge is 0.410 e. The molecule has 2 nitrogen and oxygen atoms in total. The van der Waals surface area contributed by atoms with Crippen LogP contribution in [0.25, 0.3) is 0 Å². The number of nitrogens with zero attached hydrogens (tertiary/aromatic N) is 1. The normalized spacial score (nSPS) is 22.2. The summed E-state index contributed by atoms with van der Waals surface area (Å²) in [6.45, 7) is 0. The zero-order valence-corrected chi connectivity index (χ0v) is 4.52. The van der Waals surface area contributed by atoms with Crippen LogP contribution in [0.2, 0.25) is 0 Å². The van der Waals surface area contributed by atoms with Crippen LogP contribution in [0.5, 0.6) is 0 Å². The Morgan fingerprint density at radius 3 is 2.88 bits per heavy atom. The molecule has 0 aromatic heterocycles. The van der Waals surface area contributed by atoms with Gasteiger partial charge in [-0.1, -0.05) is 11.1 Å². The molecule has 0 bridgehead atoms. The van der Waals surface area contributed by atoms with E-state index in [1.54, 1.807) is 0 Å². The van der Waals surface area contributed by atoms with E-state index in [-0.39, 0.29) is 0 Å². The highest BCUT2D eigenvalue weighted by atomic mass is 16.4. The van der Waals surface area contributed by atoms with E-state index in [1.165, 1.54) is 0 Å². The third kappa shape index (κ3) is 1.00. The molecule has 42 valence electrons. The molecule has 0 aromatic carbocycles. The summed E-state index contributed by atoms with van der Waals surface area (Å²) >= 11 is 0. The maximum atomic E-state index is 8.18.